The normalized spacial score (nSPS) is 14.3. The fourth-order valence-electron chi connectivity index (χ4n) is 2.16. The maximum Gasteiger partial charge on any atom is 0.0701 e. The van der Waals surface area contributed by atoms with Crippen LogP contribution >= 0.6 is 27.3 Å². The number of hydrogen-bond donors (Lipinski definition) is 1. The van der Waals surface area contributed by atoms with Crippen LogP contribution in [-0.4, -0.2) is 0 Å². The fourth-order valence-corrected chi connectivity index (χ4v) is 3.59. The van der Waals surface area contributed by atoms with E-state index in [4.69, 9.17) is 0 Å². The second-order valence-electron chi connectivity index (χ2n) is 4.85. The SMILES string of the molecule is CCc1ccc(C(C)NC(C)c2ccc(Br)s2)cc1. The average molecular weight is 338 g/mol. The van der Waals surface area contributed by atoms with Crippen LogP contribution in [0.2, 0.25) is 0 Å². The number of nitrogens with one attached hydrogen (secondary N) is 1. The second kappa shape index (κ2) is 6.69. The molecule has 1 aromatic heterocycles. The molecule has 0 bridgehead atoms. The molecule has 0 aliphatic carbocycles. The summed E-state index contributed by atoms with van der Waals surface area (Å²) >= 11 is 5.31. The molecule has 1 heterocycles. The van der Waals surface area contributed by atoms with Crippen LogP contribution < -0.4 is 5.32 Å². The molecule has 0 saturated heterocycles. The van der Waals surface area contributed by atoms with Gasteiger partial charge in [0, 0.05) is 17.0 Å². The van der Waals surface area contributed by atoms with Crippen molar-refractivity contribution in [1.82, 2.24) is 5.32 Å². The third-order valence-corrected chi connectivity index (χ3v) is 5.22. The van der Waals surface area contributed by atoms with E-state index in [9.17, 15) is 0 Å². The van der Waals surface area contributed by atoms with E-state index in [-0.39, 0.29) is 0 Å². The van der Waals surface area contributed by atoms with E-state index in [1.807, 2.05) is 0 Å². The number of benzene rings is 1. The Bertz CT molecular complexity index is 518. The molecule has 0 aliphatic heterocycles. The molecule has 102 valence electrons. The van der Waals surface area contributed by atoms with Gasteiger partial charge in [0.05, 0.1) is 3.79 Å². The van der Waals surface area contributed by atoms with Crippen molar-refractivity contribution in [3.05, 3.63) is 56.2 Å². The smallest absolute Gasteiger partial charge is 0.0701 e. The first-order valence-electron chi connectivity index (χ1n) is 6.70. The molecule has 1 nitrogen and oxygen atoms in total. The van der Waals surface area contributed by atoms with Crippen LogP contribution in [0.1, 0.15) is 48.9 Å². The van der Waals surface area contributed by atoms with E-state index in [0.717, 1.165) is 6.42 Å². The van der Waals surface area contributed by atoms with Crippen molar-refractivity contribution in [3.63, 3.8) is 0 Å². The highest BCUT2D eigenvalue weighted by atomic mass is 79.9. The van der Waals surface area contributed by atoms with Gasteiger partial charge in [-0.3, -0.25) is 0 Å². The van der Waals surface area contributed by atoms with Crippen molar-refractivity contribution in [2.45, 2.75) is 39.3 Å². The van der Waals surface area contributed by atoms with E-state index in [1.165, 1.54) is 19.8 Å². The highest BCUT2D eigenvalue weighted by Gasteiger charge is 2.12. The van der Waals surface area contributed by atoms with Crippen LogP contribution in [0.15, 0.2) is 40.2 Å². The minimum atomic E-state index is 0.363. The van der Waals surface area contributed by atoms with Crippen molar-refractivity contribution < 1.29 is 0 Å². The van der Waals surface area contributed by atoms with Gasteiger partial charge in [0.1, 0.15) is 0 Å². The molecule has 3 heteroatoms. The summed E-state index contributed by atoms with van der Waals surface area (Å²) in [6, 6.07) is 13.9. The molecule has 19 heavy (non-hydrogen) atoms. The van der Waals surface area contributed by atoms with Gasteiger partial charge >= 0.3 is 0 Å². The van der Waals surface area contributed by atoms with Gasteiger partial charge in [-0.15, -0.1) is 11.3 Å². The summed E-state index contributed by atoms with van der Waals surface area (Å²) in [5.41, 5.74) is 2.74. The third-order valence-electron chi connectivity index (χ3n) is 3.41. The van der Waals surface area contributed by atoms with Crippen molar-refractivity contribution >= 4 is 27.3 Å². The quantitative estimate of drug-likeness (QED) is 0.761. The predicted octanol–water partition coefficient (Wildman–Crippen LogP) is 5.48. The van der Waals surface area contributed by atoms with Crippen LogP contribution in [0.4, 0.5) is 0 Å². The van der Waals surface area contributed by atoms with E-state index in [1.54, 1.807) is 11.3 Å². The molecule has 2 aromatic rings. The van der Waals surface area contributed by atoms with Gasteiger partial charge < -0.3 is 5.32 Å². The number of hydrogen-bond acceptors (Lipinski definition) is 2. The first kappa shape index (κ1) is 14.8. The first-order chi connectivity index (χ1) is 9.10. The van der Waals surface area contributed by atoms with Gasteiger partial charge in [-0.1, -0.05) is 31.2 Å². The van der Waals surface area contributed by atoms with E-state index >= 15 is 0 Å². The van der Waals surface area contributed by atoms with Gasteiger partial charge in [0.25, 0.3) is 0 Å². The summed E-state index contributed by atoms with van der Waals surface area (Å²) in [4.78, 5) is 1.36. The van der Waals surface area contributed by atoms with Crippen LogP contribution in [0.5, 0.6) is 0 Å². The van der Waals surface area contributed by atoms with Gasteiger partial charge in [-0.25, -0.2) is 0 Å². The van der Waals surface area contributed by atoms with Gasteiger partial charge in [-0.2, -0.15) is 0 Å². The number of aryl methyl sites for hydroxylation is 1. The lowest BCUT2D eigenvalue weighted by molar-refractivity contribution is 0.500. The first-order valence-corrected chi connectivity index (χ1v) is 8.31. The van der Waals surface area contributed by atoms with Crippen molar-refractivity contribution in [3.8, 4) is 0 Å². The summed E-state index contributed by atoms with van der Waals surface area (Å²) in [7, 11) is 0. The molecule has 0 spiro atoms. The maximum absolute atomic E-state index is 3.65. The van der Waals surface area contributed by atoms with Crippen LogP contribution in [0.3, 0.4) is 0 Å². The van der Waals surface area contributed by atoms with Crippen molar-refractivity contribution in [2.24, 2.45) is 0 Å². The lowest BCUT2D eigenvalue weighted by Crippen LogP contribution is -2.21. The molecule has 1 aromatic carbocycles. The summed E-state index contributed by atoms with van der Waals surface area (Å²) in [5.74, 6) is 0. The Morgan fingerprint density at radius 1 is 1.05 bits per heavy atom. The van der Waals surface area contributed by atoms with Crippen molar-refractivity contribution in [2.75, 3.05) is 0 Å². The molecule has 0 saturated carbocycles. The van der Waals surface area contributed by atoms with Gasteiger partial charge in [-0.05, 0) is 59.5 Å². The Hall–Kier alpha value is -0.640. The molecular weight excluding hydrogens is 318 g/mol. The molecular formula is C16H20BrNS. The highest BCUT2D eigenvalue weighted by molar-refractivity contribution is 9.11. The molecule has 0 amide bonds. The largest absolute Gasteiger partial charge is 0.303 e. The number of thiophene rings is 1. The minimum Gasteiger partial charge on any atom is -0.303 e. The Kier molecular flexibility index (Phi) is 5.20. The van der Waals surface area contributed by atoms with E-state index in [0.29, 0.717) is 12.1 Å². The Balaban J connectivity index is 2.01. The van der Waals surface area contributed by atoms with Crippen molar-refractivity contribution in [1.29, 1.82) is 0 Å². The molecule has 2 rings (SSSR count). The molecule has 2 unspecified atom stereocenters. The summed E-state index contributed by atoms with van der Waals surface area (Å²) in [6.07, 6.45) is 1.10. The molecule has 0 fully saturated rings. The van der Waals surface area contributed by atoms with Crippen LogP contribution in [0, 0.1) is 0 Å². The lowest BCUT2D eigenvalue weighted by Gasteiger charge is -2.19. The Labute approximate surface area is 128 Å². The van der Waals surface area contributed by atoms with E-state index in [2.05, 4.69) is 78.4 Å². The zero-order chi connectivity index (χ0) is 13.8. The van der Waals surface area contributed by atoms with Gasteiger partial charge in [0.2, 0.25) is 0 Å². The monoisotopic (exact) mass is 337 g/mol. The molecule has 0 aliphatic rings. The minimum absolute atomic E-state index is 0.363. The van der Waals surface area contributed by atoms with Gasteiger partial charge in [0.15, 0.2) is 0 Å². The topological polar surface area (TPSA) is 12.0 Å². The van der Waals surface area contributed by atoms with Crippen LogP contribution in [0.25, 0.3) is 0 Å². The third kappa shape index (κ3) is 3.91. The second-order valence-corrected chi connectivity index (χ2v) is 7.34. The molecule has 1 N–H and O–H groups in total. The van der Waals surface area contributed by atoms with E-state index < -0.39 is 0 Å². The average Bonchev–Trinajstić information content (AvgIpc) is 2.85. The predicted molar refractivity (Wildman–Crippen MR) is 87.8 cm³/mol. The molecule has 2 atom stereocenters. The maximum atomic E-state index is 3.65. The Morgan fingerprint density at radius 2 is 1.74 bits per heavy atom. The standard InChI is InChI=1S/C16H20BrNS/c1-4-13-5-7-14(8-6-13)11(2)18-12(3)15-9-10-16(17)19-15/h5-12,18H,4H2,1-3H3. The zero-order valence-electron chi connectivity index (χ0n) is 11.6. The number of halogens is 1. The summed E-state index contributed by atoms with van der Waals surface area (Å²) in [6.45, 7) is 6.63. The number of rotatable bonds is 5. The highest BCUT2D eigenvalue weighted by Crippen LogP contribution is 2.28. The Morgan fingerprint density at radius 3 is 2.26 bits per heavy atom. The summed E-state index contributed by atoms with van der Waals surface area (Å²) in [5, 5.41) is 3.65. The molecule has 0 radical (unpaired) electrons. The fraction of sp³-hybridized carbons (Fsp3) is 0.375. The summed E-state index contributed by atoms with van der Waals surface area (Å²) < 4.78 is 1.19. The van der Waals surface area contributed by atoms with Crippen LogP contribution in [-0.2, 0) is 6.42 Å². The zero-order valence-corrected chi connectivity index (χ0v) is 14.0. The lowest BCUT2D eigenvalue weighted by atomic mass is 10.0.